The van der Waals surface area contributed by atoms with E-state index in [9.17, 15) is 13.2 Å². The number of benzene rings is 2. The van der Waals surface area contributed by atoms with Crippen LogP contribution in [0.1, 0.15) is 0 Å². The molecule has 2 aromatic carbocycles. The third kappa shape index (κ3) is 6.01. The molecule has 1 aliphatic rings. The van der Waals surface area contributed by atoms with Gasteiger partial charge in [-0.2, -0.15) is 4.31 Å². The minimum atomic E-state index is -3.45. The van der Waals surface area contributed by atoms with Crippen LogP contribution in [0.5, 0.6) is 5.75 Å². The second kappa shape index (κ2) is 10.0. The van der Waals surface area contributed by atoms with Crippen LogP contribution >= 0.6 is 11.6 Å². The Morgan fingerprint density at radius 3 is 2.27 bits per heavy atom. The number of nitrogens with one attached hydrogen (secondary N) is 2. The quantitative estimate of drug-likeness (QED) is 0.673. The third-order valence-electron chi connectivity index (χ3n) is 4.82. The fourth-order valence-electron chi connectivity index (χ4n) is 3.15. The maximum atomic E-state index is 12.6. The van der Waals surface area contributed by atoms with Crippen molar-refractivity contribution in [2.75, 3.05) is 55.8 Å². The molecule has 162 valence electrons. The predicted octanol–water partition coefficient (Wildman–Crippen LogP) is 2.62. The molecule has 1 heterocycles. The minimum Gasteiger partial charge on any atom is -0.497 e. The van der Waals surface area contributed by atoms with Gasteiger partial charge in [-0.3, -0.25) is 0 Å². The lowest BCUT2D eigenvalue weighted by atomic mass is 10.2. The van der Waals surface area contributed by atoms with E-state index in [0.29, 0.717) is 36.9 Å². The molecule has 0 radical (unpaired) electrons. The van der Waals surface area contributed by atoms with E-state index in [2.05, 4.69) is 15.5 Å². The Bertz CT molecular complexity index is 944. The summed E-state index contributed by atoms with van der Waals surface area (Å²) in [7, 11) is -1.83. The number of halogens is 1. The Morgan fingerprint density at radius 1 is 1.03 bits per heavy atom. The predicted molar refractivity (Wildman–Crippen MR) is 119 cm³/mol. The van der Waals surface area contributed by atoms with E-state index in [1.54, 1.807) is 31.4 Å². The Kier molecular flexibility index (Phi) is 7.41. The first-order chi connectivity index (χ1) is 14.4. The van der Waals surface area contributed by atoms with E-state index in [1.165, 1.54) is 4.31 Å². The summed E-state index contributed by atoms with van der Waals surface area (Å²) in [5.74, 6) is 0.636. The maximum absolute atomic E-state index is 12.6. The van der Waals surface area contributed by atoms with Crippen molar-refractivity contribution in [2.24, 2.45) is 0 Å². The summed E-state index contributed by atoms with van der Waals surface area (Å²) in [5.41, 5.74) is 1.61. The maximum Gasteiger partial charge on any atom is 0.319 e. The second-order valence-electron chi connectivity index (χ2n) is 6.79. The normalized spacial score (nSPS) is 14.9. The third-order valence-corrected chi connectivity index (χ3v) is 6.94. The van der Waals surface area contributed by atoms with Gasteiger partial charge in [0.25, 0.3) is 0 Å². The molecule has 3 rings (SSSR count). The summed E-state index contributed by atoms with van der Waals surface area (Å²) < 4.78 is 31.8. The zero-order chi connectivity index (χ0) is 21.6. The highest BCUT2D eigenvalue weighted by molar-refractivity contribution is 7.89. The highest BCUT2D eigenvalue weighted by atomic mass is 35.5. The second-order valence-corrected chi connectivity index (χ2v) is 9.31. The number of carbonyl (C=O) groups is 1. The Labute approximate surface area is 181 Å². The monoisotopic (exact) mass is 452 g/mol. The molecule has 0 atom stereocenters. The zero-order valence-corrected chi connectivity index (χ0v) is 18.2. The summed E-state index contributed by atoms with van der Waals surface area (Å²) in [5, 5.41) is 5.78. The molecular formula is C20H25ClN4O4S. The number of methoxy groups -OCH3 is 1. The van der Waals surface area contributed by atoms with Gasteiger partial charge in [-0.1, -0.05) is 11.6 Å². The molecule has 1 aliphatic heterocycles. The molecule has 8 nitrogen and oxygen atoms in total. The Hall–Kier alpha value is -2.49. The molecule has 0 aromatic heterocycles. The Morgan fingerprint density at radius 2 is 1.67 bits per heavy atom. The summed E-state index contributed by atoms with van der Waals surface area (Å²) in [6.45, 7) is 2.06. The van der Waals surface area contributed by atoms with Gasteiger partial charge in [0, 0.05) is 49.1 Å². The number of amides is 2. The fraction of sp³-hybridized carbons (Fsp3) is 0.350. The number of piperazine rings is 1. The molecule has 0 saturated carbocycles. The van der Waals surface area contributed by atoms with Crippen molar-refractivity contribution in [1.82, 2.24) is 9.62 Å². The van der Waals surface area contributed by atoms with Crippen LogP contribution in [-0.2, 0) is 10.0 Å². The van der Waals surface area contributed by atoms with Crippen LogP contribution in [0.15, 0.2) is 48.5 Å². The number of hydrogen-bond donors (Lipinski definition) is 2. The molecule has 2 N–H and O–H groups in total. The first kappa shape index (κ1) is 22.2. The van der Waals surface area contributed by atoms with Crippen LogP contribution in [0.4, 0.5) is 16.2 Å². The minimum absolute atomic E-state index is 0.0282. The lowest BCUT2D eigenvalue weighted by molar-refractivity contribution is 0.252. The lowest BCUT2D eigenvalue weighted by Crippen LogP contribution is -2.50. The van der Waals surface area contributed by atoms with Crippen LogP contribution in [-0.4, -0.2) is 64.3 Å². The van der Waals surface area contributed by atoms with Gasteiger partial charge in [-0.25, -0.2) is 13.2 Å². The van der Waals surface area contributed by atoms with Gasteiger partial charge < -0.3 is 20.3 Å². The van der Waals surface area contributed by atoms with Gasteiger partial charge in [0.2, 0.25) is 10.0 Å². The molecule has 0 bridgehead atoms. The molecule has 2 aromatic rings. The smallest absolute Gasteiger partial charge is 0.319 e. The van der Waals surface area contributed by atoms with Gasteiger partial charge >= 0.3 is 6.03 Å². The molecule has 30 heavy (non-hydrogen) atoms. The first-order valence-corrected chi connectivity index (χ1v) is 11.5. The van der Waals surface area contributed by atoms with E-state index in [1.807, 2.05) is 24.3 Å². The van der Waals surface area contributed by atoms with Crippen molar-refractivity contribution >= 4 is 39.0 Å². The number of sulfonamides is 1. The number of rotatable bonds is 7. The molecular weight excluding hydrogens is 428 g/mol. The number of anilines is 2. The zero-order valence-electron chi connectivity index (χ0n) is 16.7. The van der Waals surface area contributed by atoms with Crippen molar-refractivity contribution in [2.45, 2.75) is 0 Å². The number of ether oxygens (including phenoxy) is 1. The summed E-state index contributed by atoms with van der Waals surface area (Å²) >= 11 is 5.80. The number of urea groups is 1. The molecule has 1 fully saturated rings. The van der Waals surface area contributed by atoms with Crippen molar-refractivity contribution < 1.29 is 17.9 Å². The molecule has 1 saturated heterocycles. The van der Waals surface area contributed by atoms with Crippen molar-refractivity contribution in [3.63, 3.8) is 0 Å². The molecule has 10 heteroatoms. The van der Waals surface area contributed by atoms with Gasteiger partial charge in [0.15, 0.2) is 0 Å². The van der Waals surface area contributed by atoms with Gasteiger partial charge in [0.1, 0.15) is 5.75 Å². The van der Waals surface area contributed by atoms with E-state index in [-0.39, 0.29) is 12.3 Å². The lowest BCUT2D eigenvalue weighted by Gasteiger charge is -2.35. The largest absolute Gasteiger partial charge is 0.497 e. The van der Waals surface area contributed by atoms with Gasteiger partial charge in [0.05, 0.1) is 12.9 Å². The van der Waals surface area contributed by atoms with E-state index in [4.69, 9.17) is 16.3 Å². The number of carbonyl (C=O) groups excluding carboxylic acids is 1. The van der Waals surface area contributed by atoms with E-state index in [0.717, 1.165) is 11.4 Å². The van der Waals surface area contributed by atoms with E-state index < -0.39 is 16.1 Å². The molecule has 0 unspecified atom stereocenters. The summed E-state index contributed by atoms with van der Waals surface area (Å²) in [6, 6.07) is 13.9. The van der Waals surface area contributed by atoms with E-state index >= 15 is 0 Å². The first-order valence-electron chi connectivity index (χ1n) is 9.54. The van der Waals surface area contributed by atoms with Gasteiger partial charge in [-0.05, 0) is 48.5 Å². The van der Waals surface area contributed by atoms with Crippen LogP contribution in [0.2, 0.25) is 5.02 Å². The molecule has 0 spiro atoms. The van der Waals surface area contributed by atoms with Crippen LogP contribution in [0.25, 0.3) is 0 Å². The number of hydrogen-bond acceptors (Lipinski definition) is 5. The SMILES string of the molecule is COc1ccc(N2CCN(S(=O)(=O)CCNC(=O)Nc3ccc(Cl)cc3)CC2)cc1. The van der Waals surface area contributed by atoms with Gasteiger partial charge in [-0.15, -0.1) is 0 Å². The van der Waals surface area contributed by atoms with Crippen LogP contribution in [0.3, 0.4) is 0 Å². The summed E-state index contributed by atoms with van der Waals surface area (Å²) in [6.07, 6.45) is 0. The number of nitrogens with zero attached hydrogens (tertiary/aromatic N) is 2. The fourth-order valence-corrected chi connectivity index (χ4v) is 4.61. The van der Waals surface area contributed by atoms with Crippen molar-refractivity contribution in [3.8, 4) is 5.75 Å². The molecule has 2 amide bonds. The summed E-state index contributed by atoms with van der Waals surface area (Å²) in [4.78, 5) is 14.1. The Balaban J connectivity index is 1.43. The van der Waals surface area contributed by atoms with Crippen molar-refractivity contribution in [3.05, 3.63) is 53.6 Å². The van der Waals surface area contributed by atoms with Crippen molar-refractivity contribution in [1.29, 1.82) is 0 Å². The average molecular weight is 453 g/mol. The van der Waals surface area contributed by atoms with Crippen LogP contribution < -0.4 is 20.3 Å². The van der Waals surface area contributed by atoms with Crippen LogP contribution in [0, 0.1) is 0 Å². The average Bonchev–Trinajstić information content (AvgIpc) is 2.75. The highest BCUT2D eigenvalue weighted by Crippen LogP contribution is 2.21. The topological polar surface area (TPSA) is 91.0 Å². The highest BCUT2D eigenvalue weighted by Gasteiger charge is 2.26. The molecule has 0 aliphatic carbocycles. The standard InChI is InChI=1S/C20H25ClN4O4S/c1-29-19-8-6-18(7-9-19)24-11-13-25(14-12-24)30(27,28)15-10-22-20(26)23-17-4-2-16(21)3-5-17/h2-9H,10-15H2,1H3,(H2,22,23,26).